The Labute approximate surface area is 164 Å². The summed E-state index contributed by atoms with van der Waals surface area (Å²) in [7, 11) is -3.55. The van der Waals surface area contributed by atoms with E-state index in [-0.39, 0.29) is 16.9 Å². The highest BCUT2D eigenvalue weighted by Gasteiger charge is 2.28. The van der Waals surface area contributed by atoms with Crippen molar-refractivity contribution >= 4 is 32.0 Å². The maximum absolute atomic E-state index is 12.4. The van der Waals surface area contributed by atoms with Crippen molar-refractivity contribution in [1.82, 2.24) is 9.62 Å². The van der Waals surface area contributed by atoms with Gasteiger partial charge in [-0.1, -0.05) is 28.1 Å². The Kier molecular flexibility index (Phi) is 7.10. The van der Waals surface area contributed by atoms with Crippen molar-refractivity contribution in [2.24, 2.45) is 5.92 Å². The van der Waals surface area contributed by atoms with Crippen LogP contribution in [0.1, 0.15) is 39.2 Å². The quantitative estimate of drug-likeness (QED) is 0.701. The van der Waals surface area contributed by atoms with Crippen molar-refractivity contribution in [3.05, 3.63) is 29.8 Å². The lowest BCUT2D eigenvalue weighted by atomic mass is 9.99. The van der Waals surface area contributed by atoms with Crippen LogP contribution in [0, 0.1) is 5.92 Å². The van der Waals surface area contributed by atoms with Gasteiger partial charge in [0.25, 0.3) is 0 Å². The van der Waals surface area contributed by atoms with Gasteiger partial charge < -0.3 is 9.64 Å². The summed E-state index contributed by atoms with van der Waals surface area (Å²) in [5.41, 5.74) is 0.483. The molecule has 0 spiro atoms. The number of amides is 1. The number of ether oxygens (including phenoxy) is 1. The summed E-state index contributed by atoms with van der Waals surface area (Å²) >= 11 is 3.34. The van der Waals surface area contributed by atoms with Crippen molar-refractivity contribution in [1.29, 1.82) is 0 Å². The molecule has 8 heteroatoms. The van der Waals surface area contributed by atoms with Gasteiger partial charge in [-0.2, -0.15) is 0 Å². The molecule has 0 aromatic heterocycles. The second-order valence-electron chi connectivity index (χ2n) is 7.56. The molecule has 0 saturated carbocycles. The number of rotatable bonds is 5. The van der Waals surface area contributed by atoms with Crippen LogP contribution in [0.5, 0.6) is 0 Å². The maximum Gasteiger partial charge on any atom is 0.410 e. The lowest BCUT2D eigenvalue weighted by molar-refractivity contribution is 0.0169. The van der Waals surface area contributed by atoms with Gasteiger partial charge >= 0.3 is 6.09 Å². The third-order valence-corrected chi connectivity index (χ3v) is 6.21. The number of nitrogens with zero attached hydrogens (tertiary/aromatic N) is 1. The highest BCUT2D eigenvalue weighted by molar-refractivity contribution is 9.08. The lowest BCUT2D eigenvalue weighted by Gasteiger charge is -2.34. The molecule has 1 saturated heterocycles. The first-order valence-corrected chi connectivity index (χ1v) is 11.3. The van der Waals surface area contributed by atoms with Gasteiger partial charge in [0.05, 0.1) is 4.90 Å². The van der Waals surface area contributed by atoms with Crippen LogP contribution in [0.15, 0.2) is 29.2 Å². The van der Waals surface area contributed by atoms with Crippen LogP contribution in [0.3, 0.4) is 0 Å². The zero-order valence-electron chi connectivity index (χ0n) is 15.5. The van der Waals surface area contributed by atoms with Crippen molar-refractivity contribution in [3.63, 3.8) is 0 Å². The Morgan fingerprint density at radius 3 is 2.54 bits per heavy atom. The van der Waals surface area contributed by atoms with Crippen LogP contribution in [0.25, 0.3) is 0 Å². The van der Waals surface area contributed by atoms with Crippen molar-refractivity contribution in [3.8, 4) is 0 Å². The fourth-order valence-electron chi connectivity index (χ4n) is 2.79. The number of nitrogens with one attached hydrogen (secondary N) is 1. The van der Waals surface area contributed by atoms with Crippen LogP contribution in [-0.4, -0.2) is 44.6 Å². The molecule has 1 aromatic carbocycles. The van der Waals surface area contributed by atoms with E-state index >= 15 is 0 Å². The molecule has 6 nitrogen and oxygen atoms in total. The summed E-state index contributed by atoms with van der Waals surface area (Å²) in [6.07, 6.45) is 1.38. The van der Waals surface area contributed by atoms with Crippen LogP contribution >= 0.6 is 15.9 Å². The molecule has 0 radical (unpaired) electrons. The first-order chi connectivity index (χ1) is 12.1. The predicted molar refractivity (Wildman–Crippen MR) is 105 cm³/mol. The Balaban J connectivity index is 1.92. The molecule has 1 atom stereocenters. The van der Waals surface area contributed by atoms with Gasteiger partial charge in [-0.15, -0.1) is 0 Å². The molecule has 1 heterocycles. The van der Waals surface area contributed by atoms with Gasteiger partial charge in [-0.25, -0.2) is 17.9 Å². The summed E-state index contributed by atoms with van der Waals surface area (Å²) in [5.74, 6) is 0.0767. The van der Waals surface area contributed by atoms with Crippen LogP contribution in [0.4, 0.5) is 4.79 Å². The topological polar surface area (TPSA) is 75.7 Å². The number of hydrogen-bond donors (Lipinski definition) is 1. The number of likely N-dealkylation sites (tertiary alicyclic amines) is 1. The number of hydrogen-bond acceptors (Lipinski definition) is 4. The molecule has 2 rings (SSSR count). The van der Waals surface area contributed by atoms with E-state index in [1.165, 1.54) is 0 Å². The third kappa shape index (κ3) is 6.25. The Morgan fingerprint density at radius 1 is 1.31 bits per heavy atom. The van der Waals surface area contributed by atoms with Gasteiger partial charge in [-0.3, -0.25) is 0 Å². The molecule has 1 aliphatic rings. The highest BCUT2D eigenvalue weighted by Crippen LogP contribution is 2.20. The van der Waals surface area contributed by atoms with Crippen molar-refractivity contribution in [2.75, 3.05) is 19.6 Å². The van der Waals surface area contributed by atoms with Crippen LogP contribution in [-0.2, 0) is 20.1 Å². The van der Waals surface area contributed by atoms with E-state index in [1.807, 2.05) is 20.8 Å². The van der Waals surface area contributed by atoms with Gasteiger partial charge in [0.15, 0.2) is 0 Å². The molecule has 1 amide bonds. The fraction of sp³-hybridized carbons (Fsp3) is 0.611. The number of alkyl halides is 1. The van der Waals surface area contributed by atoms with E-state index in [0.29, 0.717) is 25.0 Å². The minimum Gasteiger partial charge on any atom is -0.444 e. The first kappa shape index (κ1) is 21.2. The zero-order chi connectivity index (χ0) is 19.4. The SMILES string of the molecule is CC(C)(C)OC(=O)N1CCCC(CNS(=O)(=O)c2ccc(CBr)cc2)C1. The molecule has 1 aliphatic heterocycles. The van der Waals surface area contributed by atoms with Gasteiger partial charge in [0.2, 0.25) is 10.0 Å². The van der Waals surface area contributed by atoms with Gasteiger partial charge in [-0.05, 0) is 57.2 Å². The number of halogens is 1. The summed E-state index contributed by atoms with van der Waals surface area (Å²) in [6, 6.07) is 6.78. The summed E-state index contributed by atoms with van der Waals surface area (Å²) < 4.78 is 33.0. The number of sulfonamides is 1. The van der Waals surface area contributed by atoms with E-state index in [2.05, 4.69) is 20.7 Å². The van der Waals surface area contributed by atoms with Crippen molar-refractivity contribution in [2.45, 2.75) is 49.4 Å². The fourth-order valence-corrected chi connectivity index (χ4v) is 4.28. The van der Waals surface area contributed by atoms with Crippen LogP contribution in [0.2, 0.25) is 0 Å². The van der Waals surface area contributed by atoms with E-state index in [9.17, 15) is 13.2 Å². The Hall–Kier alpha value is -1.12. The molecule has 1 N–H and O–H groups in total. The van der Waals surface area contributed by atoms with Gasteiger partial charge in [0.1, 0.15) is 5.60 Å². The molecular formula is C18H27BrN2O4S. The average molecular weight is 447 g/mol. The molecule has 146 valence electrons. The average Bonchev–Trinajstić information content (AvgIpc) is 2.59. The summed E-state index contributed by atoms with van der Waals surface area (Å²) in [5, 5.41) is 0.684. The second kappa shape index (κ2) is 8.71. The molecular weight excluding hydrogens is 420 g/mol. The first-order valence-electron chi connectivity index (χ1n) is 8.73. The van der Waals surface area contributed by atoms with Crippen molar-refractivity contribution < 1.29 is 17.9 Å². The molecule has 26 heavy (non-hydrogen) atoms. The summed E-state index contributed by atoms with van der Waals surface area (Å²) in [4.78, 5) is 14.1. The third-order valence-electron chi connectivity index (χ3n) is 4.12. The molecule has 1 fully saturated rings. The Bertz CT molecular complexity index is 714. The smallest absolute Gasteiger partial charge is 0.410 e. The maximum atomic E-state index is 12.4. The van der Waals surface area contributed by atoms with E-state index < -0.39 is 15.6 Å². The largest absolute Gasteiger partial charge is 0.444 e. The Morgan fingerprint density at radius 2 is 1.96 bits per heavy atom. The number of carbonyl (C=O) groups is 1. The molecule has 1 aromatic rings. The van der Waals surface area contributed by atoms with Gasteiger partial charge in [0, 0.05) is 25.0 Å². The minimum absolute atomic E-state index is 0.0767. The normalized spacial score (nSPS) is 18.6. The molecule has 0 bridgehead atoms. The number of piperidine rings is 1. The minimum atomic E-state index is -3.55. The molecule has 1 unspecified atom stereocenters. The second-order valence-corrected chi connectivity index (χ2v) is 9.89. The number of carbonyl (C=O) groups excluding carboxylic acids is 1. The number of benzene rings is 1. The monoisotopic (exact) mass is 446 g/mol. The summed E-state index contributed by atoms with van der Waals surface area (Å²) in [6.45, 7) is 6.96. The van der Waals surface area contributed by atoms with Crippen LogP contribution < -0.4 is 4.72 Å². The predicted octanol–water partition coefficient (Wildman–Crippen LogP) is 3.51. The van der Waals surface area contributed by atoms with E-state index in [1.54, 1.807) is 29.2 Å². The molecule has 0 aliphatic carbocycles. The highest BCUT2D eigenvalue weighted by atomic mass is 79.9. The standard InChI is InChI=1S/C18H27BrN2O4S/c1-18(2,3)25-17(22)21-10-4-5-15(13-21)12-20-26(23,24)16-8-6-14(11-19)7-9-16/h6-9,15,20H,4-5,10-13H2,1-3H3. The zero-order valence-corrected chi connectivity index (χ0v) is 17.9. The van der Waals surface area contributed by atoms with E-state index in [4.69, 9.17) is 4.74 Å². The lowest BCUT2D eigenvalue weighted by Crippen LogP contribution is -2.45. The van der Waals surface area contributed by atoms with E-state index in [0.717, 1.165) is 18.4 Å².